The van der Waals surface area contributed by atoms with Crippen molar-refractivity contribution in [1.29, 1.82) is 0 Å². The van der Waals surface area contributed by atoms with Gasteiger partial charge in [0.1, 0.15) is 12.0 Å². The second kappa shape index (κ2) is 6.43. The molecule has 21 heavy (non-hydrogen) atoms. The lowest BCUT2D eigenvalue weighted by Crippen LogP contribution is -2.27. The molecular formula is C16H23N5. The molecule has 0 atom stereocenters. The van der Waals surface area contributed by atoms with Crippen molar-refractivity contribution in [2.24, 2.45) is 0 Å². The Bertz CT molecular complexity index is 575. The van der Waals surface area contributed by atoms with E-state index >= 15 is 0 Å². The predicted octanol–water partition coefficient (Wildman–Crippen LogP) is 2.92. The number of nitrogens with one attached hydrogen (secondary N) is 2. The molecule has 0 unspecified atom stereocenters. The lowest BCUT2D eigenvalue weighted by molar-refractivity contribution is 0.630. The van der Waals surface area contributed by atoms with Gasteiger partial charge in [-0.3, -0.25) is 0 Å². The number of hydrogen-bond acceptors (Lipinski definition) is 5. The van der Waals surface area contributed by atoms with Gasteiger partial charge in [-0.2, -0.15) is 0 Å². The molecular weight excluding hydrogens is 262 g/mol. The standard InChI is InChI=1S/C16H23N5/c1-16(2,3)21-15-13(17)14(19-11-20-15)18-10-9-12-7-5-4-6-8-12/h4-8,11H,9-10,17H2,1-3H3,(H2,18,19,20,21). The summed E-state index contributed by atoms with van der Waals surface area (Å²) in [7, 11) is 0. The fourth-order valence-corrected chi connectivity index (χ4v) is 1.96. The fraction of sp³-hybridized carbons (Fsp3) is 0.375. The van der Waals surface area contributed by atoms with Crippen LogP contribution in [0.1, 0.15) is 26.3 Å². The van der Waals surface area contributed by atoms with Crippen molar-refractivity contribution < 1.29 is 0 Å². The Morgan fingerprint density at radius 3 is 2.38 bits per heavy atom. The van der Waals surface area contributed by atoms with Gasteiger partial charge >= 0.3 is 0 Å². The molecule has 2 aromatic rings. The number of nitrogen functional groups attached to an aromatic ring is 1. The first kappa shape index (κ1) is 15.1. The SMILES string of the molecule is CC(C)(C)Nc1ncnc(NCCc2ccccc2)c1N. The molecule has 4 N–H and O–H groups in total. The van der Waals surface area contributed by atoms with Gasteiger partial charge in [0.15, 0.2) is 11.6 Å². The van der Waals surface area contributed by atoms with Gasteiger partial charge < -0.3 is 16.4 Å². The van der Waals surface area contributed by atoms with Crippen LogP contribution in [0.2, 0.25) is 0 Å². The summed E-state index contributed by atoms with van der Waals surface area (Å²) in [6.45, 7) is 6.98. The van der Waals surface area contributed by atoms with Gasteiger partial charge in [0.25, 0.3) is 0 Å². The van der Waals surface area contributed by atoms with E-state index in [4.69, 9.17) is 5.73 Å². The molecule has 1 aromatic heterocycles. The van der Waals surface area contributed by atoms with E-state index in [2.05, 4.69) is 53.5 Å². The number of hydrogen-bond donors (Lipinski definition) is 3. The van der Waals surface area contributed by atoms with E-state index in [9.17, 15) is 0 Å². The highest BCUT2D eigenvalue weighted by Crippen LogP contribution is 2.24. The molecule has 0 saturated heterocycles. The first-order valence-electron chi connectivity index (χ1n) is 7.12. The fourth-order valence-electron chi connectivity index (χ4n) is 1.96. The third-order valence-electron chi connectivity index (χ3n) is 2.93. The molecule has 1 aromatic carbocycles. The van der Waals surface area contributed by atoms with Crippen LogP contribution in [0.15, 0.2) is 36.7 Å². The lowest BCUT2D eigenvalue weighted by Gasteiger charge is -2.22. The van der Waals surface area contributed by atoms with Crippen molar-refractivity contribution in [3.63, 3.8) is 0 Å². The molecule has 0 aliphatic carbocycles. The molecule has 0 aliphatic heterocycles. The van der Waals surface area contributed by atoms with Gasteiger partial charge in [-0.05, 0) is 32.8 Å². The Morgan fingerprint density at radius 1 is 1.05 bits per heavy atom. The smallest absolute Gasteiger partial charge is 0.155 e. The zero-order valence-electron chi connectivity index (χ0n) is 12.9. The highest BCUT2D eigenvalue weighted by molar-refractivity contribution is 5.74. The summed E-state index contributed by atoms with van der Waals surface area (Å²) in [5, 5.41) is 6.55. The van der Waals surface area contributed by atoms with E-state index in [1.54, 1.807) is 0 Å². The summed E-state index contributed by atoms with van der Waals surface area (Å²) in [6, 6.07) is 10.3. The molecule has 0 bridgehead atoms. The van der Waals surface area contributed by atoms with Gasteiger partial charge in [-0.1, -0.05) is 30.3 Å². The van der Waals surface area contributed by atoms with E-state index in [1.807, 2.05) is 18.2 Å². The maximum absolute atomic E-state index is 6.12. The second-order valence-electron chi connectivity index (χ2n) is 6.02. The minimum atomic E-state index is -0.0935. The van der Waals surface area contributed by atoms with Crippen LogP contribution in [0.5, 0.6) is 0 Å². The van der Waals surface area contributed by atoms with Crippen LogP contribution < -0.4 is 16.4 Å². The first-order valence-corrected chi connectivity index (χ1v) is 7.12. The molecule has 0 radical (unpaired) electrons. The molecule has 5 nitrogen and oxygen atoms in total. The first-order chi connectivity index (χ1) is 9.96. The number of aromatic nitrogens is 2. The van der Waals surface area contributed by atoms with Crippen LogP contribution >= 0.6 is 0 Å². The minimum absolute atomic E-state index is 0.0935. The van der Waals surface area contributed by atoms with Crippen molar-refractivity contribution in [2.75, 3.05) is 22.9 Å². The molecule has 2 rings (SSSR count). The molecule has 0 amide bonds. The van der Waals surface area contributed by atoms with E-state index in [0.717, 1.165) is 13.0 Å². The Labute approximate surface area is 126 Å². The van der Waals surface area contributed by atoms with Crippen molar-refractivity contribution in [3.8, 4) is 0 Å². The van der Waals surface area contributed by atoms with Gasteiger partial charge in [-0.25, -0.2) is 9.97 Å². The Morgan fingerprint density at radius 2 is 1.71 bits per heavy atom. The van der Waals surface area contributed by atoms with Crippen molar-refractivity contribution in [2.45, 2.75) is 32.7 Å². The van der Waals surface area contributed by atoms with Crippen LogP contribution in [0.3, 0.4) is 0 Å². The minimum Gasteiger partial charge on any atom is -0.393 e. The molecule has 1 heterocycles. The summed E-state index contributed by atoms with van der Waals surface area (Å²) >= 11 is 0. The van der Waals surface area contributed by atoms with E-state index < -0.39 is 0 Å². The summed E-state index contributed by atoms with van der Waals surface area (Å²) < 4.78 is 0. The number of benzene rings is 1. The zero-order valence-corrected chi connectivity index (χ0v) is 12.9. The van der Waals surface area contributed by atoms with Crippen LogP contribution in [-0.4, -0.2) is 22.1 Å². The second-order valence-corrected chi connectivity index (χ2v) is 6.02. The summed E-state index contributed by atoms with van der Waals surface area (Å²) in [5.74, 6) is 1.34. The quantitative estimate of drug-likeness (QED) is 0.787. The normalized spacial score (nSPS) is 11.2. The average molecular weight is 285 g/mol. The van der Waals surface area contributed by atoms with Crippen LogP contribution in [0, 0.1) is 0 Å². The van der Waals surface area contributed by atoms with Crippen molar-refractivity contribution >= 4 is 17.3 Å². The largest absolute Gasteiger partial charge is 0.393 e. The van der Waals surface area contributed by atoms with Gasteiger partial charge in [0.05, 0.1) is 0 Å². The predicted molar refractivity (Wildman–Crippen MR) is 88.5 cm³/mol. The third kappa shape index (κ3) is 4.63. The highest BCUT2D eigenvalue weighted by Gasteiger charge is 2.14. The van der Waals surface area contributed by atoms with Crippen LogP contribution in [0.4, 0.5) is 17.3 Å². The van der Waals surface area contributed by atoms with E-state index in [0.29, 0.717) is 17.3 Å². The Hall–Kier alpha value is -2.30. The Balaban J connectivity index is 1.99. The highest BCUT2D eigenvalue weighted by atomic mass is 15.1. The zero-order chi connectivity index (χ0) is 15.3. The molecule has 0 saturated carbocycles. The van der Waals surface area contributed by atoms with Crippen LogP contribution in [-0.2, 0) is 6.42 Å². The monoisotopic (exact) mass is 285 g/mol. The molecule has 112 valence electrons. The van der Waals surface area contributed by atoms with Gasteiger partial charge in [-0.15, -0.1) is 0 Å². The van der Waals surface area contributed by atoms with E-state index in [-0.39, 0.29) is 5.54 Å². The average Bonchev–Trinajstić information content (AvgIpc) is 2.43. The van der Waals surface area contributed by atoms with Crippen molar-refractivity contribution in [1.82, 2.24) is 9.97 Å². The maximum atomic E-state index is 6.12. The van der Waals surface area contributed by atoms with E-state index in [1.165, 1.54) is 11.9 Å². The molecule has 0 fully saturated rings. The third-order valence-corrected chi connectivity index (χ3v) is 2.93. The number of nitrogens with zero attached hydrogens (tertiary/aromatic N) is 2. The van der Waals surface area contributed by atoms with Gasteiger partial charge in [0.2, 0.25) is 0 Å². The van der Waals surface area contributed by atoms with Crippen molar-refractivity contribution in [3.05, 3.63) is 42.2 Å². The maximum Gasteiger partial charge on any atom is 0.155 e. The number of anilines is 3. The molecule has 0 aliphatic rings. The summed E-state index contributed by atoms with van der Waals surface area (Å²) in [4.78, 5) is 8.42. The topological polar surface area (TPSA) is 75.9 Å². The Kier molecular flexibility index (Phi) is 4.62. The number of nitrogens with two attached hydrogens (primary N) is 1. The molecule has 5 heteroatoms. The lowest BCUT2D eigenvalue weighted by atomic mass is 10.1. The molecule has 0 spiro atoms. The van der Waals surface area contributed by atoms with Gasteiger partial charge in [0, 0.05) is 12.1 Å². The summed E-state index contributed by atoms with van der Waals surface area (Å²) in [5.41, 5.74) is 7.87. The number of rotatable bonds is 5. The summed E-state index contributed by atoms with van der Waals surface area (Å²) in [6.07, 6.45) is 2.45. The van der Waals surface area contributed by atoms with Crippen LogP contribution in [0.25, 0.3) is 0 Å².